The first kappa shape index (κ1) is 16.4. The van der Waals surface area contributed by atoms with Gasteiger partial charge in [0.05, 0.1) is 12.7 Å². The van der Waals surface area contributed by atoms with Gasteiger partial charge < -0.3 is 10.1 Å². The highest BCUT2D eigenvalue weighted by Gasteiger charge is 2.19. The first-order chi connectivity index (χ1) is 10.2. The van der Waals surface area contributed by atoms with E-state index in [2.05, 4.69) is 19.2 Å². The minimum absolute atomic E-state index is 0.154. The van der Waals surface area contributed by atoms with Crippen molar-refractivity contribution in [3.8, 4) is 0 Å². The number of hydrogen-bond donors (Lipinski definition) is 1. The second-order valence-corrected chi connectivity index (χ2v) is 6.30. The third-order valence-corrected chi connectivity index (χ3v) is 4.30. The van der Waals surface area contributed by atoms with Crippen molar-refractivity contribution >= 4 is 0 Å². The predicted molar refractivity (Wildman–Crippen MR) is 84.6 cm³/mol. The molecular formula is C18H28FNO. The predicted octanol–water partition coefficient (Wildman–Crippen LogP) is 4.42. The summed E-state index contributed by atoms with van der Waals surface area (Å²) in [5, 5.41) is 3.35. The van der Waals surface area contributed by atoms with E-state index in [9.17, 15) is 4.39 Å². The molecule has 0 spiro atoms. The van der Waals surface area contributed by atoms with E-state index >= 15 is 0 Å². The normalized spacial score (nSPS) is 22.4. The molecule has 0 aromatic heterocycles. The minimum atomic E-state index is -0.154. The number of hydrogen-bond acceptors (Lipinski definition) is 2. The van der Waals surface area contributed by atoms with Gasteiger partial charge in [0.15, 0.2) is 0 Å². The van der Waals surface area contributed by atoms with Gasteiger partial charge in [0, 0.05) is 12.1 Å². The van der Waals surface area contributed by atoms with Crippen LogP contribution in [0.15, 0.2) is 18.2 Å². The van der Waals surface area contributed by atoms with Crippen LogP contribution in [0.2, 0.25) is 0 Å². The van der Waals surface area contributed by atoms with Gasteiger partial charge in [0.1, 0.15) is 5.82 Å². The molecule has 1 N–H and O–H groups in total. The van der Waals surface area contributed by atoms with E-state index < -0.39 is 0 Å². The van der Waals surface area contributed by atoms with E-state index in [1.165, 1.54) is 12.8 Å². The molecule has 2 nitrogen and oxygen atoms in total. The van der Waals surface area contributed by atoms with Crippen LogP contribution in [-0.4, -0.2) is 12.6 Å². The van der Waals surface area contributed by atoms with E-state index in [4.69, 9.17) is 4.74 Å². The van der Waals surface area contributed by atoms with Gasteiger partial charge in [-0.25, -0.2) is 4.39 Å². The number of benzene rings is 1. The zero-order valence-corrected chi connectivity index (χ0v) is 13.3. The third-order valence-electron chi connectivity index (χ3n) is 4.30. The van der Waals surface area contributed by atoms with Crippen molar-refractivity contribution in [3.05, 3.63) is 35.1 Å². The highest BCUT2D eigenvalue weighted by Crippen LogP contribution is 2.26. The van der Waals surface area contributed by atoms with Crippen molar-refractivity contribution in [2.75, 3.05) is 6.54 Å². The molecule has 21 heavy (non-hydrogen) atoms. The van der Waals surface area contributed by atoms with Crippen LogP contribution in [0.1, 0.15) is 57.1 Å². The minimum Gasteiger partial charge on any atom is -0.373 e. The average molecular weight is 293 g/mol. The zero-order valence-electron chi connectivity index (χ0n) is 13.3. The maximum atomic E-state index is 13.9. The molecule has 118 valence electrons. The summed E-state index contributed by atoms with van der Waals surface area (Å²) >= 11 is 0. The molecule has 0 unspecified atom stereocenters. The third kappa shape index (κ3) is 5.40. The van der Waals surface area contributed by atoms with E-state index in [1.54, 1.807) is 6.07 Å². The van der Waals surface area contributed by atoms with E-state index in [1.807, 2.05) is 12.1 Å². The molecular weight excluding hydrogens is 265 g/mol. The maximum absolute atomic E-state index is 13.9. The van der Waals surface area contributed by atoms with Crippen LogP contribution >= 0.6 is 0 Å². The van der Waals surface area contributed by atoms with E-state index in [0.717, 1.165) is 43.8 Å². The van der Waals surface area contributed by atoms with Crippen LogP contribution in [0.25, 0.3) is 0 Å². The molecule has 0 amide bonds. The molecule has 1 saturated carbocycles. The summed E-state index contributed by atoms with van der Waals surface area (Å²) < 4.78 is 19.8. The maximum Gasteiger partial charge on any atom is 0.128 e. The Labute approximate surface area is 128 Å². The standard InChI is InChI=1S/C18H28FNO/c1-3-10-20-12-15-6-9-18(19)16(11-15)13-21-17-7-4-14(2)5-8-17/h6,9,11,14,17,20H,3-5,7-8,10,12-13H2,1-2H3. The topological polar surface area (TPSA) is 21.3 Å². The summed E-state index contributed by atoms with van der Waals surface area (Å²) in [5.41, 5.74) is 1.81. The molecule has 1 aromatic rings. The van der Waals surface area contributed by atoms with Crippen molar-refractivity contribution < 1.29 is 9.13 Å². The second kappa shape index (κ2) is 8.50. The molecule has 1 fully saturated rings. The van der Waals surface area contributed by atoms with Crippen LogP contribution in [0.5, 0.6) is 0 Å². The number of nitrogens with one attached hydrogen (secondary N) is 1. The number of ether oxygens (including phenoxy) is 1. The van der Waals surface area contributed by atoms with Crippen molar-refractivity contribution in [1.82, 2.24) is 5.32 Å². The lowest BCUT2D eigenvalue weighted by Gasteiger charge is -2.26. The lowest BCUT2D eigenvalue weighted by atomic mass is 9.89. The Bertz CT molecular complexity index is 427. The Morgan fingerprint density at radius 3 is 2.71 bits per heavy atom. The average Bonchev–Trinajstić information content (AvgIpc) is 2.49. The SMILES string of the molecule is CCCNCc1ccc(F)c(COC2CCC(C)CC2)c1. The Hall–Kier alpha value is -0.930. The van der Waals surface area contributed by atoms with Crippen molar-refractivity contribution in [1.29, 1.82) is 0 Å². The lowest BCUT2D eigenvalue weighted by molar-refractivity contribution is 0.00756. The zero-order chi connectivity index (χ0) is 15.1. The second-order valence-electron chi connectivity index (χ2n) is 6.30. The highest BCUT2D eigenvalue weighted by atomic mass is 19.1. The van der Waals surface area contributed by atoms with Crippen molar-refractivity contribution in [3.63, 3.8) is 0 Å². The van der Waals surface area contributed by atoms with Gasteiger partial charge in [-0.3, -0.25) is 0 Å². The quantitative estimate of drug-likeness (QED) is 0.751. The number of halogens is 1. The molecule has 0 bridgehead atoms. The fourth-order valence-electron chi connectivity index (χ4n) is 2.86. The summed E-state index contributed by atoms with van der Waals surface area (Å²) in [5.74, 6) is 0.660. The van der Waals surface area contributed by atoms with Gasteiger partial charge >= 0.3 is 0 Å². The van der Waals surface area contributed by atoms with Crippen molar-refractivity contribution in [2.24, 2.45) is 5.92 Å². The van der Waals surface area contributed by atoms with Gasteiger partial charge in [-0.15, -0.1) is 0 Å². The van der Waals surface area contributed by atoms with Crippen LogP contribution in [0.3, 0.4) is 0 Å². The highest BCUT2D eigenvalue weighted by molar-refractivity contribution is 5.24. The smallest absolute Gasteiger partial charge is 0.128 e. The largest absolute Gasteiger partial charge is 0.373 e. The molecule has 0 heterocycles. The van der Waals surface area contributed by atoms with Gasteiger partial charge in [-0.05, 0) is 62.3 Å². The first-order valence-electron chi connectivity index (χ1n) is 8.28. The van der Waals surface area contributed by atoms with E-state index in [-0.39, 0.29) is 5.82 Å². The molecule has 0 saturated heterocycles. The molecule has 0 atom stereocenters. The molecule has 0 aliphatic heterocycles. The summed E-state index contributed by atoms with van der Waals surface area (Å²) in [6, 6.07) is 5.35. The first-order valence-corrected chi connectivity index (χ1v) is 8.28. The van der Waals surface area contributed by atoms with Gasteiger partial charge in [-0.1, -0.05) is 19.9 Å². The monoisotopic (exact) mass is 293 g/mol. The fraction of sp³-hybridized carbons (Fsp3) is 0.667. The van der Waals surface area contributed by atoms with Gasteiger partial charge in [0.25, 0.3) is 0 Å². The molecule has 0 radical (unpaired) electrons. The van der Waals surface area contributed by atoms with Crippen LogP contribution < -0.4 is 5.32 Å². The Morgan fingerprint density at radius 1 is 1.24 bits per heavy atom. The molecule has 2 rings (SSSR count). The van der Waals surface area contributed by atoms with Crippen LogP contribution in [0, 0.1) is 11.7 Å². The Morgan fingerprint density at radius 2 is 2.00 bits per heavy atom. The van der Waals surface area contributed by atoms with Crippen LogP contribution in [-0.2, 0) is 17.9 Å². The molecule has 1 aromatic carbocycles. The van der Waals surface area contributed by atoms with Gasteiger partial charge in [0.2, 0.25) is 0 Å². The van der Waals surface area contributed by atoms with Gasteiger partial charge in [-0.2, -0.15) is 0 Å². The summed E-state index contributed by atoms with van der Waals surface area (Å²) in [4.78, 5) is 0. The molecule has 1 aliphatic carbocycles. The molecule has 3 heteroatoms. The lowest BCUT2D eigenvalue weighted by Crippen LogP contribution is -2.20. The van der Waals surface area contributed by atoms with Crippen molar-refractivity contribution in [2.45, 2.75) is 65.2 Å². The summed E-state index contributed by atoms with van der Waals surface area (Å²) in [6.45, 7) is 6.61. The molecule has 1 aliphatic rings. The van der Waals surface area contributed by atoms with E-state index in [0.29, 0.717) is 18.3 Å². The number of rotatable bonds is 7. The summed E-state index contributed by atoms with van der Waals surface area (Å²) in [7, 11) is 0. The fourth-order valence-corrected chi connectivity index (χ4v) is 2.86. The summed E-state index contributed by atoms with van der Waals surface area (Å²) in [6.07, 6.45) is 6.10. The Balaban J connectivity index is 1.85. The van der Waals surface area contributed by atoms with Crippen LogP contribution in [0.4, 0.5) is 4.39 Å². The Kier molecular flexibility index (Phi) is 6.65.